The average Bonchev–Trinajstić information content (AvgIpc) is 3.05. The monoisotopic (exact) mass is 339 g/mol. The lowest BCUT2D eigenvalue weighted by atomic mass is 10.1. The molecule has 2 aromatic carbocycles. The van der Waals surface area contributed by atoms with Crippen LogP contribution in [0.1, 0.15) is 25.2 Å². The molecule has 1 N–H and O–H groups in total. The number of hydrogen-bond acceptors (Lipinski definition) is 4. The van der Waals surface area contributed by atoms with Crippen molar-refractivity contribution >= 4 is 33.8 Å². The first-order chi connectivity index (χ1) is 11.7. The summed E-state index contributed by atoms with van der Waals surface area (Å²) >= 11 is 5.74. The molecule has 24 heavy (non-hydrogen) atoms. The number of benzene rings is 2. The van der Waals surface area contributed by atoms with Gasteiger partial charge in [0.25, 0.3) is 0 Å². The quantitative estimate of drug-likeness (QED) is 0.540. The molecule has 0 fully saturated rings. The maximum Gasteiger partial charge on any atom is 0.150 e. The van der Waals surface area contributed by atoms with Crippen molar-refractivity contribution in [2.24, 2.45) is 0 Å². The summed E-state index contributed by atoms with van der Waals surface area (Å²) in [5.41, 5.74) is 3.98. The second-order valence-electron chi connectivity index (χ2n) is 5.49. The number of H-pyrrole nitrogens is 1. The van der Waals surface area contributed by atoms with Crippen LogP contribution >= 0.6 is 12.2 Å². The van der Waals surface area contributed by atoms with Crippen LogP contribution in [0.25, 0.3) is 11.0 Å². The molecule has 0 bridgehead atoms. The Morgan fingerprint density at radius 2 is 1.92 bits per heavy atom. The van der Waals surface area contributed by atoms with Crippen molar-refractivity contribution in [2.45, 2.75) is 13.8 Å². The molecule has 0 unspecified atom stereocenters. The first-order valence-corrected chi connectivity index (χ1v) is 8.51. The fourth-order valence-electron chi connectivity index (χ4n) is 2.85. The summed E-state index contributed by atoms with van der Waals surface area (Å²) in [6.45, 7) is 6.18. The zero-order valence-electron chi connectivity index (χ0n) is 14.2. The molecule has 4 nitrogen and oxygen atoms in total. The van der Waals surface area contributed by atoms with Gasteiger partial charge in [0.1, 0.15) is 11.6 Å². The Kier molecular flexibility index (Phi) is 4.81. The van der Waals surface area contributed by atoms with E-state index >= 15 is 0 Å². The Hall–Kier alpha value is -2.40. The summed E-state index contributed by atoms with van der Waals surface area (Å²) in [4.78, 5) is 11.0. The van der Waals surface area contributed by atoms with E-state index in [2.05, 4.69) is 40.8 Å². The van der Waals surface area contributed by atoms with E-state index in [0.29, 0.717) is 5.82 Å². The van der Waals surface area contributed by atoms with Crippen LogP contribution < -0.4 is 9.64 Å². The van der Waals surface area contributed by atoms with Gasteiger partial charge in [0.15, 0.2) is 0 Å². The summed E-state index contributed by atoms with van der Waals surface area (Å²) in [6, 6.07) is 14.0. The van der Waals surface area contributed by atoms with Crippen LogP contribution in [-0.4, -0.2) is 35.0 Å². The standard InChI is InChI=1S/C19H21N3OS/c1-4-22(5-2)17-9-7-6-8-14(17)18(24)19-20-15-11-10-13(23-3)12-16(15)21-19/h6-12H,4-5H2,1-3H3,(H,20,21). The third kappa shape index (κ3) is 2.99. The van der Waals surface area contributed by atoms with Crippen molar-refractivity contribution < 1.29 is 4.74 Å². The van der Waals surface area contributed by atoms with Gasteiger partial charge >= 0.3 is 0 Å². The van der Waals surface area contributed by atoms with Crippen LogP contribution in [0.2, 0.25) is 0 Å². The van der Waals surface area contributed by atoms with Crippen molar-refractivity contribution in [2.75, 3.05) is 25.1 Å². The number of ether oxygens (including phenoxy) is 1. The molecule has 5 heteroatoms. The molecule has 0 spiro atoms. The number of hydrogen-bond donors (Lipinski definition) is 1. The van der Waals surface area contributed by atoms with E-state index in [1.807, 2.05) is 30.3 Å². The van der Waals surface area contributed by atoms with E-state index in [9.17, 15) is 0 Å². The van der Waals surface area contributed by atoms with E-state index in [1.54, 1.807) is 7.11 Å². The summed E-state index contributed by atoms with van der Waals surface area (Å²) in [6.07, 6.45) is 0. The zero-order valence-corrected chi connectivity index (χ0v) is 15.0. The van der Waals surface area contributed by atoms with Gasteiger partial charge in [-0.3, -0.25) is 0 Å². The Morgan fingerprint density at radius 1 is 1.17 bits per heavy atom. The highest BCUT2D eigenvalue weighted by Crippen LogP contribution is 2.25. The Bertz CT molecular complexity index is 868. The summed E-state index contributed by atoms with van der Waals surface area (Å²) in [7, 11) is 1.65. The highest BCUT2D eigenvalue weighted by Gasteiger charge is 2.16. The number of methoxy groups -OCH3 is 1. The van der Waals surface area contributed by atoms with E-state index < -0.39 is 0 Å². The number of para-hydroxylation sites is 1. The van der Waals surface area contributed by atoms with E-state index in [1.165, 1.54) is 0 Å². The lowest BCUT2D eigenvalue weighted by Gasteiger charge is -2.24. The number of nitrogens with one attached hydrogen (secondary N) is 1. The van der Waals surface area contributed by atoms with Crippen LogP contribution in [-0.2, 0) is 0 Å². The molecule has 1 heterocycles. The van der Waals surface area contributed by atoms with E-state index in [4.69, 9.17) is 17.0 Å². The molecule has 0 aliphatic heterocycles. The zero-order chi connectivity index (χ0) is 17.1. The van der Waals surface area contributed by atoms with Crippen molar-refractivity contribution in [3.63, 3.8) is 0 Å². The maximum absolute atomic E-state index is 5.74. The number of anilines is 1. The largest absolute Gasteiger partial charge is 0.497 e. The number of aromatic amines is 1. The third-order valence-electron chi connectivity index (χ3n) is 4.16. The summed E-state index contributed by atoms with van der Waals surface area (Å²) in [5.74, 6) is 1.50. The predicted octanol–water partition coefficient (Wildman–Crippen LogP) is 4.18. The van der Waals surface area contributed by atoms with Gasteiger partial charge < -0.3 is 14.6 Å². The van der Waals surface area contributed by atoms with Crippen molar-refractivity contribution in [1.29, 1.82) is 0 Å². The number of imidazole rings is 1. The van der Waals surface area contributed by atoms with Crippen molar-refractivity contribution in [3.05, 3.63) is 53.9 Å². The first kappa shape index (κ1) is 16.5. The van der Waals surface area contributed by atoms with Crippen LogP contribution in [0.3, 0.4) is 0 Å². The molecule has 3 rings (SSSR count). The van der Waals surface area contributed by atoms with Gasteiger partial charge in [0.05, 0.1) is 23.0 Å². The minimum atomic E-state index is 0.716. The second-order valence-corrected chi connectivity index (χ2v) is 5.90. The van der Waals surface area contributed by atoms with Crippen LogP contribution in [0.15, 0.2) is 42.5 Å². The molecule has 124 valence electrons. The van der Waals surface area contributed by atoms with Gasteiger partial charge in [0, 0.05) is 30.4 Å². The number of nitrogens with zero attached hydrogens (tertiary/aromatic N) is 2. The lowest BCUT2D eigenvalue weighted by molar-refractivity contribution is 0.415. The molecule has 3 aromatic rings. The van der Waals surface area contributed by atoms with Gasteiger partial charge in [-0.05, 0) is 32.0 Å². The van der Waals surface area contributed by atoms with Gasteiger partial charge in [-0.2, -0.15) is 0 Å². The fraction of sp³-hybridized carbons (Fsp3) is 0.263. The van der Waals surface area contributed by atoms with Crippen LogP contribution in [0.4, 0.5) is 5.69 Å². The van der Waals surface area contributed by atoms with Crippen molar-refractivity contribution in [3.8, 4) is 5.75 Å². The molecule has 0 saturated heterocycles. The third-order valence-corrected chi connectivity index (χ3v) is 4.57. The SMILES string of the molecule is CCN(CC)c1ccccc1C(=S)c1nc2cc(OC)ccc2[nH]1. The molecule has 0 atom stereocenters. The Morgan fingerprint density at radius 3 is 2.62 bits per heavy atom. The molecular weight excluding hydrogens is 318 g/mol. The predicted molar refractivity (Wildman–Crippen MR) is 103 cm³/mol. The Balaban J connectivity index is 2.03. The van der Waals surface area contributed by atoms with Crippen molar-refractivity contribution in [1.82, 2.24) is 9.97 Å². The highest BCUT2D eigenvalue weighted by molar-refractivity contribution is 7.81. The van der Waals surface area contributed by atoms with Gasteiger partial charge in [-0.1, -0.05) is 30.4 Å². The number of thiocarbonyl (C=S) groups is 1. The van der Waals surface area contributed by atoms with Crippen LogP contribution in [0, 0.1) is 0 Å². The molecular formula is C19H21N3OS. The number of aromatic nitrogens is 2. The molecule has 0 radical (unpaired) electrons. The molecule has 1 aromatic heterocycles. The maximum atomic E-state index is 5.74. The summed E-state index contributed by atoms with van der Waals surface area (Å²) in [5, 5.41) is 0. The average molecular weight is 339 g/mol. The smallest absolute Gasteiger partial charge is 0.150 e. The normalized spacial score (nSPS) is 10.8. The summed E-state index contributed by atoms with van der Waals surface area (Å²) < 4.78 is 5.26. The van der Waals surface area contributed by atoms with Gasteiger partial charge in [-0.15, -0.1) is 0 Å². The molecule has 0 amide bonds. The number of rotatable bonds is 6. The lowest BCUT2D eigenvalue weighted by Crippen LogP contribution is -2.24. The molecule has 0 saturated carbocycles. The highest BCUT2D eigenvalue weighted by atomic mass is 32.1. The molecule has 0 aliphatic rings. The van der Waals surface area contributed by atoms with Crippen LogP contribution in [0.5, 0.6) is 5.75 Å². The topological polar surface area (TPSA) is 41.2 Å². The van der Waals surface area contributed by atoms with Gasteiger partial charge in [0.2, 0.25) is 0 Å². The molecule has 0 aliphatic carbocycles. The second kappa shape index (κ2) is 7.01. The minimum Gasteiger partial charge on any atom is -0.497 e. The Labute approximate surface area is 147 Å². The fourth-order valence-corrected chi connectivity index (χ4v) is 3.12. The minimum absolute atomic E-state index is 0.716. The van der Waals surface area contributed by atoms with E-state index in [0.717, 1.165) is 46.0 Å². The van der Waals surface area contributed by atoms with Gasteiger partial charge in [-0.25, -0.2) is 4.98 Å². The van der Waals surface area contributed by atoms with E-state index in [-0.39, 0.29) is 0 Å². The number of fused-ring (bicyclic) bond motifs is 1. The first-order valence-electron chi connectivity index (χ1n) is 8.10.